The molecule has 0 saturated carbocycles. The first-order valence-corrected chi connectivity index (χ1v) is 15.1. The second kappa shape index (κ2) is 7.29. The summed E-state index contributed by atoms with van der Waals surface area (Å²) in [5, 5.41) is 0. The van der Waals surface area contributed by atoms with Crippen molar-refractivity contribution in [2.45, 2.75) is 49.7 Å². The van der Waals surface area contributed by atoms with Gasteiger partial charge >= 0.3 is 0 Å². The minimum absolute atomic E-state index is 0.112. The fourth-order valence-electron chi connectivity index (χ4n) is 1.34. The highest BCUT2D eigenvalue weighted by Gasteiger charge is 2.08. The molecule has 0 aliphatic heterocycles. The van der Waals surface area contributed by atoms with Crippen molar-refractivity contribution in [3.8, 4) is 0 Å². The minimum Gasteiger partial charge on any atom is -0.0724 e. The van der Waals surface area contributed by atoms with Crippen molar-refractivity contribution in [1.29, 1.82) is 0 Å². The van der Waals surface area contributed by atoms with E-state index >= 15 is 0 Å². The number of hydrogen-bond donors (Lipinski definition) is 0. The van der Waals surface area contributed by atoms with Crippen LogP contribution in [0.15, 0.2) is 0 Å². The van der Waals surface area contributed by atoms with Gasteiger partial charge in [0, 0.05) is 35.9 Å². The largest absolute Gasteiger partial charge is 0.0724 e. The molecule has 12 heavy (non-hydrogen) atoms. The fraction of sp³-hybridized carbons (Fsp3) is 1.00. The van der Waals surface area contributed by atoms with Gasteiger partial charge in [0.1, 0.15) is 0 Å². The van der Waals surface area contributed by atoms with E-state index in [0.29, 0.717) is 0 Å². The van der Waals surface area contributed by atoms with E-state index in [2.05, 4.69) is 32.7 Å². The molecule has 0 bridgehead atoms. The van der Waals surface area contributed by atoms with E-state index in [0.717, 1.165) is 0 Å². The van der Waals surface area contributed by atoms with Crippen LogP contribution in [0.1, 0.15) is 0 Å². The molecule has 0 heterocycles. The van der Waals surface area contributed by atoms with Gasteiger partial charge in [0.05, 0.1) is 0 Å². The Balaban J connectivity index is 3.25. The summed E-state index contributed by atoms with van der Waals surface area (Å²) in [6, 6.07) is 0. The molecule has 0 nitrogen and oxygen atoms in total. The van der Waals surface area contributed by atoms with Crippen molar-refractivity contribution in [1.82, 2.24) is 0 Å². The van der Waals surface area contributed by atoms with Crippen LogP contribution < -0.4 is 0 Å². The van der Waals surface area contributed by atoms with E-state index in [1.54, 1.807) is 17.0 Å². The molecule has 0 aromatic heterocycles. The Morgan fingerprint density at radius 3 is 2.08 bits per heavy atom. The van der Waals surface area contributed by atoms with Gasteiger partial charge in [0.2, 0.25) is 0 Å². The van der Waals surface area contributed by atoms with Crippen molar-refractivity contribution < 1.29 is 0 Å². The Morgan fingerprint density at radius 1 is 1.08 bits per heavy atom. The van der Waals surface area contributed by atoms with Gasteiger partial charge in [-0.3, -0.25) is 0 Å². The molecule has 71 valence electrons. The number of rotatable bonds is 6. The molecule has 0 N–H and O–H groups in total. The SMILES string of the molecule is C[Si](C[Si]C[SiH](C)C)C[SiH](C)C. The summed E-state index contributed by atoms with van der Waals surface area (Å²) in [6.45, 7) is 12.5. The van der Waals surface area contributed by atoms with E-state index in [1.165, 1.54) is 9.52 Å². The molecule has 0 aromatic carbocycles. The molecule has 0 aromatic rings. The summed E-state index contributed by atoms with van der Waals surface area (Å²) >= 11 is 0. The Morgan fingerprint density at radius 2 is 1.67 bits per heavy atom. The summed E-state index contributed by atoms with van der Waals surface area (Å²) in [5.74, 6) is 0. The molecule has 3 radical (unpaired) electrons. The second-order valence-corrected chi connectivity index (χ2v) is 17.2. The van der Waals surface area contributed by atoms with Gasteiger partial charge in [-0.05, 0) is 0 Å². The Bertz CT molecular complexity index is 103. The van der Waals surface area contributed by atoms with Gasteiger partial charge in [-0.2, -0.15) is 0 Å². The zero-order chi connectivity index (χ0) is 9.56. The zero-order valence-electron chi connectivity index (χ0n) is 9.28. The van der Waals surface area contributed by atoms with Crippen LogP contribution in [-0.2, 0) is 0 Å². The second-order valence-electron chi connectivity index (χ2n) is 4.58. The van der Waals surface area contributed by atoms with Gasteiger partial charge in [-0.25, -0.2) is 0 Å². The maximum absolute atomic E-state index is 2.55. The van der Waals surface area contributed by atoms with Crippen LogP contribution in [0.2, 0.25) is 49.7 Å². The van der Waals surface area contributed by atoms with Gasteiger partial charge in [0.15, 0.2) is 0 Å². The predicted octanol–water partition coefficient (Wildman–Crippen LogP) is 2.24. The van der Waals surface area contributed by atoms with E-state index in [-0.39, 0.29) is 26.4 Å². The molecule has 0 amide bonds. The lowest BCUT2D eigenvalue weighted by Crippen LogP contribution is -2.19. The molecule has 0 aliphatic carbocycles. The summed E-state index contributed by atoms with van der Waals surface area (Å²) < 4.78 is 0. The van der Waals surface area contributed by atoms with Gasteiger partial charge in [-0.15, -0.1) is 0 Å². The Kier molecular flexibility index (Phi) is 7.82. The molecule has 4 heteroatoms. The highest BCUT2D eigenvalue weighted by molar-refractivity contribution is 6.82. The average molecular weight is 232 g/mol. The van der Waals surface area contributed by atoms with E-state index in [9.17, 15) is 0 Å². The maximum atomic E-state index is 2.55. The highest BCUT2D eigenvalue weighted by Crippen LogP contribution is 2.03. The molecule has 0 atom stereocenters. The molecule has 0 saturated heterocycles. The van der Waals surface area contributed by atoms with E-state index < -0.39 is 0 Å². The summed E-state index contributed by atoms with van der Waals surface area (Å²) in [4.78, 5) is 0. The average Bonchev–Trinajstić information content (AvgIpc) is 1.84. The fourth-order valence-corrected chi connectivity index (χ4v) is 14.7. The third-order valence-electron chi connectivity index (χ3n) is 1.74. The van der Waals surface area contributed by atoms with E-state index in [1.807, 2.05) is 0 Å². The molecular formula is C8H23Si4. The zero-order valence-corrected chi connectivity index (χ0v) is 13.6. The van der Waals surface area contributed by atoms with Crippen LogP contribution in [-0.4, -0.2) is 35.9 Å². The molecular weight excluding hydrogens is 208 g/mol. The lowest BCUT2D eigenvalue weighted by Gasteiger charge is -2.10. The van der Waals surface area contributed by atoms with Crippen LogP contribution >= 0.6 is 0 Å². The standard InChI is InChI=1S/C8H23Si4/c1-10(2)6-9-7-12(5)8-11(3)4/h10-11H,6-8H2,1-5H3. The quantitative estimate of drug-likeness (QED) is 0.615. The van der Waals surface area contributed by atoms with Crippen molar-refractivity contribution in [3.05, 3.63) is 0 Å². The third kappa shape index (κ3) is 8.96. The summed E-state index contributed by atoms with van der Waals surface area (Å²) in [7, 11) is 0.974. The van der Waals surface area contributed by atoms with Crippen LogP contribution in [0.4, 0.5) is 0 Å². The lowest BCUT2D eigenvalue weighted by molar-refractivity contribution is 1.64. The normalized spacial score (nSPS) is 12.0. The molecule has 0 spiro atoms. The first-order chi connectivity index (χ1) is 5.52. The molecule has 0 fully saturated rings. The van der Waals surface area contributed by atoms with Crippen molar-refractivity contribution >= 4 is 35.9 Å². The van der Waals surface area contributed by atoms with Crippen LogP contribution in [0, 0.1) is 0 Å². The summed E-state index contributed by atoms with van der Waals surface area (Å²) in [5.41, 5.74) is 4.90. The predicted molar refractivity (Wildman–Crippen MR) is 69.5 cm³/mol. The Labute approximate surface area is 85.8 Å². The summed E-state index contributed by atoms with van der Waals surface area (Å²) in [6.07, 6.45) is 0. The molecule has 0 unspecified atom stereocenters. The lowest BCUT2D eigenvalue weighted by atomic mass is 11.7. The Hall–Kier alpha value is 0.868. The van der Waals surface area contributed by atoms with Crippen LogP contribution in [0.25, 0.3) is 0 Å². The number of hydrogen-bond acceptors (Lipinski definition) is 0. The first kappa shape index (κ1) is 12.9. The van der Waals surface area contributed by atoms with Gasteiger partial charge < -0.3 is 0 Å². The van der Waals surface area contributed by atoms with Crippen molar-refractivity contribution in [2.24, 2.45) is 0 Å². The first-order valence-electron chi connectivity index (χ1n) is 5.04. The highest BCUT2D eigenvalue weighted by atomic mass is 28.4. The van der Waals surface area contributed by atoms with Crippen LogP contribution in [0.5, 0.6) is 0 Å². The van der Waals surface area contributed by atoms with E-state index in [4.69, 9.17) is 0 Å². The molecule has 0 aliphatic rings. The van der Waals surface area contributed by atoms with Gasteiger partial charge in [-0.1, -0.05) is 49.7 Å². The molecule has 0 rings (SSSR count). The van der Waals surface area contributed by atoms with Crippen molar-refractivity contribution in [3.63, 3.8) is 0 Å². The van der Waals surface area contributed by atoms with Crippen molar-refractivity contribution in [2.75, 3.05) is 0 Å². The minimum atomic E-state index is -0.235. The third-order valence-corrected chi connectivity index (χ3v) is 15.6. The van der Waals surface area contributed by atoms with Crippen LogP contribution in [0.3, 0.4) is 0 Å². The smallest absolute Gasteiger partial charge is 0.0382 e. The topological polar surface area (TPSA) is 0 Å². The van der Waals surface area contributed by atoms with Gasteiger partial charge in [0.25, 0.3) is 0 Å². The monoisotopic (exact) mass is 231 g/mol. The maximum Gasteiger partial charge on any atom is 0.0382 e.